The van der Waals surface area contributed by atoms with Crippen LogP contribution in [0.15, 0.2) is 66.9 Å². The van der Waals surface area contributed by atoms with Gasteiger partial charge in [0.1, 0.15) is 5.82 Å². The van der Waals surface area contributed by atoms with Crippen LogP contribution in [0.3, 0.4) is 0 Å². The standard InChI is InChI=1S/C26H27FN2O3/c27-22-12-4-3-10-20(22)18-25(30)29-16-7-1-2-8-17-31-23-13-5-6-14-24(23)32-26-21(19-29)11-9-15-28-26/h3-6,9-15H,1-2,7-8,16-19H2. The highest BCUT2D eigenvalue weighted by Crippen LogP contribution is 2.32. The first-order chi connectivity index (χ1) is 15.7. The van der Waals surface area contributed by atoms with Gasteiger partial charge in [0.15, 0.2) is 11.5 Å². The fraction of sp³-hybridized carbons (Fsp3) is 0.308. The average molecular weight is 435 g/mol. The van der Waals surface area contributed by atoms with Gasteiger partial charge < -0.3 is 14.4 Å². The van der Waals surface area contributed by atoms with Crippen molar-refractivity contribution in [2.75, 3.05) is 13.2 Å². The second kappa shape index (κ2) is 10.8. The number of carbonyl (C=O) groups is 1. The molecule has 0 aliphatic carbocycles. The number of hydrogen-bond acceptors (Lipinski definition) is 4. The van der Waals surface area contributed by atoms with Gasteiger partial charge in [-0.15, -0.1) is 0 Å². The molecule has 0 saturated carbocycles. The van der Waals surface area contributed by atoms with Gasteiger partial charge in [0.2, 0.25) is 11.8 Å². The van der Waals surface area contributed by atoms with Crippen molar-refractivity contribution in [2.45, 2.75) is 38.6 Å². The summed E-state index contributed by atoms with van der Waals surface area (Å²) in [5.74, 6) is 1.23. The van der Waals surface area contributed by atoms with Crippen LogP contribution in [-0.4, -0.2) is 28.9 Å². The maximum Gasteiger partial charge on any atom is 0.227 e. The van der Waals surface area contributed by atoms with Gasteiger partial charge in [-0.05, 0) is 42.7 Å². The molecule has 1 aliphatic rings. The Morgan fingerprint density at radius 1 is 0.938 bits per heavy atom. The average Bonchev–Trinajstić information content (AvgIpc) is 2.81. The number of nitrogens with zero attached hydrogens (tertiary/aromatic N) is 2. The summed E-state index contributed by atoms with van der Waals surface area (Å²) in [5.41, 5.74) is 1.20. The summed E-state index contributed by atoms with van der Waals surface area (Å²) in [6.45, 7) is 1.55. The number of halogens is 1. The number of pyridine rings is 1. The van der Waals surface area contributed by atoms with Crippen molar-refractivity contribution in [3.63, 3.8) is 0 Å². The molecule has 0 fully saturated rings. The SMILES string of the molecule is O=C(Cc1ccccc1F)N1CCCCCCOc2ccccc2Oc2ncccc2C1. The maximum atomic E-state index is 14.1. The van der Waals surface area contributed by atoms with Crippen LogP contribution in [0.5, 0.6) is 17.4 Å². The summed E-state index contributed by atoms with van der Waals surface area (Å²) in [6, 6.07) is 17.7. The molecule has 5 nitrogen and oxygen atoms in total. The number of ether oxygens (including phenoxy) is 2. The summed E-state index contributed by atoms with van der Waals surface area (Å²) >= 11 is 0. The smallest absolute Gasteiger partial charge is 0.227 e. The minimum absolute atomic E-state index is 0.0276. The number of hydrogen-bond donors (Lipinski definition) is 0. The van der Waals surface area contributed by atoms with Crippen molar-refractivity contribution < 1.29 is 18.7 Å². The third kappa shape index (κ3) is 5.63. The third-order valence-electron chi connectivity index (χ3n) is 5.50. The Kier molecular flexibility index (Phi) is 7.33. The molecule has 3 aromatic rings. The molecular formula is C26H27FN2O3. The topological polar surface area (TPSA) is 51.7 Å². The van der Waals surface area contributed by atoms with Gasteiger partial charge in [-0.3, -0.25) is 4.79 Å². The van der Waals surface area contributed by atoms with E-state index in [0.717, 1.165) is 31.2 Å². The van der Waals surface area contributed by atoms with Crippen LogP contribution in [0, 0.1) is 5.82 Å². The first kappa shape index (κ1) is 21.8. The largest absolute Gasteiger partial charge is 0.490 e. The van der Waals surface area contributed by atoms with Gasteiger partial charge >= 0.3 is 0 Å². The highest BCUT2D eigenvalue weighted by molar-refractivity contribution is 5.79. The molecule has 0 N–H and O–H groups in total. The van der Waals surface area contributed by atoms with Crippen LogP contribution in [0.25, 0.3) is 0 Å². The Morgan fingerprint density at radius 3 is 2.59 bits per heavy atom. The van der Waals surface area contributed by atoms with Gasteiger partial charge in [0.05, 0.1) is 19.6 Å². The number of aromatic nitrogens is 1. The number of benzene rings is 2. The summed E-state index contributed by atoms with van der Waals surface area (Å²) in [7, 11) is 0. The van der Waals surface area contributed by atoms with Crippen molar-refractivity contribution in [3.05, 3.63) is 83.8 Å². The zero-order valence-corrected chi connectivity index (χ0v) is 18.0. The quantitative estimate of drug-likeness (QED) is 0.532. The summed E-state index contributed by atoms with van der Waals surface area (Å²) in [6.07, 6.45) is 5.49. The van der Waals surface area contributed by atoms with Crippen LogP contribution in [-0.2, 0) is 17.8 Å². The van der Waals surface area contributed by atoms with E-state index in [1.807, 2.05) is 36.4 Å². The Labute approximate surface area is 187 Å². The molecule has 4 rings (SSSR count). The molecule has 1 aliphatic heterocycles. The van der Waals surface area contributed by atoms with Crippen molar-refractivity contribution in [2.24, 2.45) is 0 Å². The van der Waals surface area contributed by atoms with Gasteiger partial charge in [-0.25, -0.2) is 9.37 Å². The fourth-order valence-electron chi connectivity index (χ4n) is 3.75. The third-order valence-corrected chi connectivity index (χ3v) is 5.50. The second-order valence-electron chi connectivity index (χ2n) is 7.86. The molecule has 166 valence electrons. The molecule has 0 bridgehead atoms. The lowest BCUT2D eigenvalue weighted by atomic mass is 10.1. The lowest BCUT2D eigenvalue weighted by Gasteiger charge is -2.24. The van der Waals surface area contributed by atoms with Gasteiger partial charge in [0.25, 0.3) is 0 Å². The normalized spacial score (nSPS) is 14.8. The van der Waals surface area contributed by atoms with Gasteiger partial charge in [0, 0.05) is 18.3 Å². The van der Waals surface area contributed by atoms with Crippen LogP contribution >= 0.6 is 0 Å². The molecule has 0 radical (unpaired) electrons. The molecule has 1 amide bonds. The van der Waals surface area contributed by atoms with Crippen molar-refractivity contribution in [1.82, 2.24) is 9.88 Å². The zero-order chi connectivity index (χ0) is 22.2. The van der Waals surface area contributed by atoms with E-state index in [2.05, 4.69) is 4.98 Å². The summed E-state index contributed by atoms with van der Waals surface area (Å²) < 4.78 is 26.2. The molecular weight excluding hydrogens is 407 g/mol. The molecule has 0 atom stereocenters. The minimum Gasteiger partial charge on any atom is -0.490 e. The number of amides is 1. The first-order valence-electron chi connectivity index (χ1n) is 11.1. The molecule has 2 aromatic carbocycles. The zero-order valence-electron chi connectivity index (χ0n) is 18.0. The Morgan fingerprint density at radius 2 is 1.72 bits per heavy atom. The van der Waals surface area contributed by atoms with Crippen LogP contribution in [0.4, 0.5) is 4.39 Å². The van der Waals surface area contributed by atoms with E-state index in [1.165, 1.54) is 6.07 Å². The van der Waals surface area contributed by atoms with Crippen LogP contribution < -0.4 is 9.47 Å². The molecule has 0 spiro atoms. The number of para-hydroxylation sites is 2. The summed E-state index contributed by atoms with van der Waals surface area (Å²) in [4.78, 5) is 19.3. The first-order valence-corrected chi connectivity index (χ1v) is 11.1. The molecule has 2 heterocycles. The monoisotopic (exact) mass is 434 g/mol. The van der Waals surface area contributed by atoms with Crippen molar-refractivity contribution in [1.29, 1.82) is 0 Å². The predicted molar refractivity (Wildman–Crippen MR) is 120 cm³/mol. The number of carbonyl (C=O) groups excluding carboxylic acids is 1. The Hall–Kier alpha value is -3.41. The second-order valence-corrected chi connectivity index (χ2v) is 7.86. The van der Waals surface area contributed by atoms with E-state index < -0.39 is 0 Å². The van der Waals surface area contributed by atoms with E-state index in [0.29, 0.717) is 42.6 Å². The van der Waals surface area contributed by atoms with E-state index in [-0.39, 0.29) is 18.1 Å². The van der Waals surface area contributed by atoms with Gasteiger partial charge in [-0.2, -0.15) is 0 Å². The van der Waals surface area contributed by atoms with Gasteiger partial charge in [-0.1, -0.05) is 49.2 Å². The molecule has 0 unspecified atom stereocenters. The molecule has 1 aromatic heterocycles. The van der Waals surface area contributed by atoms with E-state index in [1.54, 1.807) is 29.3 Å². The van der Waals surface area contributed by atoms with Crippen LogP contribution in [0.2, 0.25) is 0 Å². The van der Waals surface area contributed by atoms with E-state index >= 15 is 0 Å². The van der Waals surface area contributed by atoms with Crippen LogP contribution in [0.1, 0.15) is 36.8 Å². The van der Waals surface area contributed by atoms with E-state index in [4.69, 9.17) is 9.47 Å². The summed E-state index contributed by atoms with van der Waals surface area (Å²) in [5, 5.41) is 0. The molecule has 32 heavy (non-hydrogen) atoms. The highest BCUT2D eigenvalue weighted by Gasteiger charge is 2.19. The molecule has 6 heteroatoms. The lowest BCUT2D eigenvalue weighted by Crippen LogP contribution is -2.33. The highest BCUT2D eigenvalue weighted by atomic mass is 19.1. The number of fused-ring (bicyclic) bond motifs is 2. The predicted octanol–water partition coefficient (Wildman–Crippen LogP) is 5.54. The Bertz CT molecular complexity index is 1060. The maximum absolute atomic E-state index is 14.1. The molecule has 0 saturated heterocycles. The number of rotatable bonds is 2. The Balaban J connectivity index is 1.60. The lowest BCUT2D eigenvalue weighted by molar-refractivity contribution is -0.131. The van der Waals surface area contributed by atoms with Crippen molar-refractivity contribution in [3.8, 4) is 17.4 Å². The van der Waals surface area contributed by atoms with E-state index in [9.17, 15) is 9.18 Å². The fourth-order valence-corrected chi connectivity index (χ4v) is 3.75. The van der Waals surface area contributed by atoms with Crippen molar-refractivity contribution >= 4 is 5.91 Å². The minimum atomic E-state index is -0.357.